The molecule has 5 heteroatoms. The van der Waals surface area contributed by atoms with E-state index in [-0.39, 0.29) is 34.2 Å². The Morgan fingerprint density at radius 1 is 0.882 bits per heavy atom. The van der Waals surface area contributed by atoms with Crippen molar-refractivity contribution in [1.82, 2.24) is 0 Å². The van der Waals surface area contributed by atoms with E-state index in [1.165, 1.54) is 18.2 Å². The molecule has 0 amide bonds. The summed E-state index contributed by atoms with van der Waals surface area (Å²) in [6.07, 6.45) is 0. The minimum atomic E-state index is -1.52. The van der Waals surface area contributed by atoms with Crippen molar-refractivity contribution < 1.29 is 19.8 Å². The third kappa shape index (κ3) is 2.40. The van der Waals surface area contributed by atoms with Crippen LogP contribution >= 0.6 is 0 Å². The first-order chi connectivity index (χ1) is 7.61. The standard InChI is InChI=1S/C12H8O4.Mg/c13-11(14)9-6-5-7-3-1-2-4-8(7)10(9)12(15)16;/h1-6H,(H,13,14)(H,15,16);/q;+2/p-2. The van der Waals surface area contributed by atoms with Crippen molar-refractivity contribution in [3.63, 3.8) is 0 Å². The number of hydrogen-bond acceptors (Lipinski definition) is 4. The van der Waals surface area contributed by atoms with Gasteiger partial charge in [0.25, 0.3) is 0 Å². The second-order valence-corrected chi connectivity index (χ2v) is 3.28. The van der Waals surface area contributed by atoms with Crippen LogP contribution < -0.4 is 10.2 Å². The summed E-state index contributed by atoms with van der Waals surface area (Å²) in [4.78, 5) is 21.7. The van der Waals surface area contributed by atoms with Crippen LogP contribution in [0.5, 0.6) is 0 Å². The number of aromatic carboxylic acids is 2. The zero-order chi connectivity index (χ0) is 11.7. The molecule has 0 aliphatic heterocycles. The molecule has 0 fully saturated rings. The molecule has 0 spiro atoms. The van der Waals surface area contributed by atoms with E-state index in [0.717, 1.165) is 0 Å². The van der Waals surface area contributed by atoms with E-state index in [1.54, 1.807) is 18.2 Å². The minimum absolute atomic E-state index is 0. The number of carboxylic acid groups (broad SMARTS) is 2. The third-order valence-corrected chi connectivity index (χ3v) is 2.35. The Labute approximate surface area is 113 Å². The molecule has 2 aromatic rings. The van der Waals surface area contributed by atoms with Gasteiger partial charge in [0.1, 0.15) is 0 Å². The van der Waals surface area contributed by atoms with E-state index >= 15 is 0 Å². The molecular weight excluding hydrogens is 232 g/mol. The van der Waals surface area contributed by atoms with Crippen molar-refractivity contribution in [3.8, 4) is 0 Å². The summed E-state index contributed by atoms with van der Waals surface area (Å²) >= 11 is 0. The largest absolute Gasteiger partial charge is 2.00 e. The van der Waals surface area contributed by atoms with E-state index in [9.17, 15) is 19.8 Å². The van der Waals surface area contributed by atoms with Gasteiger partial charge in [0, 0.05) is 11.1 Å². The topological polar surface area (TPSA) is 80.3 Å². The maximum atomic E-state index is 10.9. The number of carbonyl (C=O) groups is 2. The number of carbonyl (C=O) groups excluding carboxylic acids is 2. The predicted octanol–water partition coefficient (Wildman–Crippen LogP) is -0.814. The first-order valence-corrected chi connectivity index (χ1v) is 4.55. The van der Waals surface area contributed by atoms with E-state index in [0.29, 0.717) is 10.8 Å². The van der Waals surface area contributed by atoms with Crippen molar-refractivity contribution in [2.75, 3.05) is 0 Å². The summed E-state index contributed by atoms with van der Waals surface area (Å²) in [5.41, 5.74) is -0.697. The fourth-order valence-corrected chi connectivity index (χ4v) is 1.66. The molecular formula is C12H6MgO4. The Bertz CT molecular complexity index is 592. The Morgan fingerprint density at radius 2 is 1.53 bits per heavy atom. The average Bonchev–Trinajstić information content (AvgIpc) is 2.27. The number of carboxylic acids is 2. The minimum Gasteiger partial charge on any atom is -0.545 e. The van der Waals surface area contributed by atoms with Crippen LogP contribution in [0.3, 0.4) is 0 Å². The zero-order valence-corrected chi connectivity index (χ0v) is 10.2. The summed E-state index contributed by atoms with van der Waals surface area (Å²) < 4.78 is 0. The first-order valence-electron chi connectivity index (χ1n) is 4.55. The zero-order valence-electron chi connectivity index (χ0n) is 8.80. The van der Waals surface area contributed by atoms with Gasteiger partial charge in [-0.1, -0.05) is 36.4 Å². The van der Waals surface area contributed by atoms with Crippen LogP contribution in [0.15, 0.2) is 36.4 Å². The van der Waals surface area contributed by atoms with Crippen LogP contribution in [0.4, 0.5) is 0 Å². The van der Waals surface area contributed by atoms with Crippen LogP contribution in [-0.4, -0.2) is 35.0 Å². The van der Waals surface area contributed by atoms with Gasteiger partial charge >= 0.3 is 23.1 Å². The van der Waals surface area contributed by atoms with Crippen LogP contribution in [0, 0.1) is 0 Å². The molecule has 0 aliphatic rings. The second kappa shape index (κ2) is 5.16. The molecule has 0 saturated carbocycles. The molecule has 0 aromatic heterocycles. The molecule has 2 rings (SSSR count). The van der Waals surface area contributed by atoms with E-state index < -0.39 is 11.9 Å². The van der Waals surface area contributed by atoms with Crippen molar-refractivity contribution in [2.24, 2.45) is 0 Å². The van der Waals surface area contributed by atoms with Crippen molar-refractivity contribution in [1.29, 1.82) is 0 Å². The second-order valence-electron chi connectivity index (χ2n) is 3.28. The summed E-state index contributed by atoms with van der Waals surface area (Å²) in [5.74, 6) is -3.04. The molecule has 0 unspecified atom stereocenters. The summed E-state index contributed by atoms with van der Waals surface area (Å²) in [6.45, 7) is 0. The number of benzene rings is 2. The van der Waals surface area contributed by atoms with Crippen LogP contribution in [-0.2, 0) is 0 Å². The summed E-state index contributed by atoms with van der Waals surface area (Å²) in [6, 6.07) is 9.34. The predicted molar refractivity (Wildman–Crippen MR) is 58.4 cm³/mol. The normalized spacial score (nSPS) is 9.65. The van der Waals surface area contributed by atoms with Gasteiger partial charge in [0.2, 0.25) is 0 Å². The maximum absolute atomic E-state index is 10.9. The maximum Gasteiger partial charge on any atom is 2.00 e. The number of hydrogen-bond donors (Lipinski definition) is 0. The van der Waals surface area contributed by atoms with Gasteiger partial charge in [-0.05, 0) is 10.8 Å². The quantitative estimate of drug-likeness (QED) is 0.641. The van der Waals surface area contributed by atoms with Crippen molar-refractivity contribution >= 4 is 45.8 Å². The first kappa shape index (κ1) is 13.5. The van der Waals surface area contributed by atoms with Gasteiger partial charge < -0.3 is 19.8 Å². The molecule has 0 saturated heterocycles. The molecule has 0 heterocycles. The molecule has 17 heavy (non-hydrogen) atoms. The van der Waals surface area contributed by atoms with Crippen LogP contribution in [0.25, 0.3) is 10.8 Å². The van der Waals surface area contributed by atoms with Gasteiger partial charge in [-0.2, -0.15) is 0 Å². The van der Waals surface area contributed by atoms with Gasteiger partial charge in [0.15, 0.2) is 0 Å². The Balaban J connectivity index is 0.00000144. The van der Waals surface area contributed by atoms with Gasteiger partial charge in [-0.15, -0.1) is 0 Å². The van der Waals surface area contributed by atoms with E-state index in [1.807, 2.05) is 0 Å². The molecule has 0 aliphatic carbocycles. The fourth-order valence-electron chi connectivity index (χ4n) is 1.66. The summed E-state index contributed by atoms with van der Waals surface area (Å²) in [5, 5.41) is 22.7. The smallest absolute Gasteiger partial charge is 0.545 e. The monoisotopic (exact) mass is 238 g/mol. The molecule has 0 bridgehead atoms. The molecule has 2 aromatic carbocycles. The van der Waals surface area contributed by atoms with E-state index in [4.69, 9.17) is 0 Å². The molecule has 4 nitrogen and oxygen atoms in total. The molecule has 0 N–H and O–H groups in total. The van der Waals surface area contributed by atoms with Crippen molar-refractivity contribution in [3.05, 3.63) is 47.5 Å². The fraction of sp³-hybridized carbons (Fsp3) is 0. The molecule has 80 valence electrons. The Morgan fingerprint density at radius 3 is 2.12 bits per heavy atom. The Hall–Kier alpha value is -1.59. The van der Waals surface area contributed by atoms with Crippen LogP contribution in [0.2, 0.25) is 0 Å². The molecule has 0 atom stereocenters. The average molecular weight is 238 g/mol. The van der Waals surface area contributed by atoms with Gasteiger partial charge in [0.05, 0.1) is 11.9 Å². The Kier molecular flexibility index (Phi) is 4.09. The number of fused-ring (bicyclic) bond motifs is 1. The SMILES string of the molecule is O=C([O-])c1ccc2ccccc2c1C(=O)[O-].[Mg+2]. The van der Waals surface area contributed by atoms with Crippen LogP contribution in [0.1, 0.15) is 20.7 Å². The third-order valence-electron chi connectivity index (χ3n) is 2.35. The van der Waals surface area contributed by atoms with E-state index in [2.05, 4.69) is 0 Å². The van der Waals surface area contributed by atoms with Crippen molar-refractivity contribution in [2.45, 2.75) is 0 Å². The number of rotatable bonds is 2. The van der Waals surface area contributed by atoms with Gasteiger partial charge in [-0.3, -0.25) is 0 Å². The molecule has 0 radical (unpaired) electrons. The summed E-state index contributed by atoms with van der Waals surface area (Å²) in [7, 11) is 0. The van der Waals surface area contributed by atoms with Gasteiger partial charge in [-0.25, -0.2) is 0 Å².